The van der Waals surface area contributed by atoms with E-state index in [0.717, 1.165) is 3.62 Å². The second-order valence-electron chi connectivity index (χ2n) is 3.29. The summed E-state index contributed by atoms with van der Waals surface area (Å²) >= 11 is -2.32. The first kappa shape index (κ1) is 9.83. The third kappa shape index (κ3) is 1.87. The Bertz CT molecular complexity index is 404. The zero-order valence-corrected chi connectivity index (χ0v) is 10.3. The standard InChI is InChI=1S/C12H12OTe/c1-10-6-5-9-12(14(10)13)11-7-3-2-4-8-11/h2-9,12H,1H3. The molecule has 0 fully saturated rings. The molecule has 72 valence electrons. The van der Waals surface area contributed by atoms with Crippen molar-refractivity contribution in [3.63, 3.8) is 0 Å². The summed E-state index contributed by atoms with van der Waals surface area (Å²) in [6.07, 6.45) is 6.05. The van der Waals surface area contributed by atoms with Crippen LogP contribution in [0.5, 0.6) is 0 Å². The number of benzene rings is 1. The molecule has 1 aliphatic heterocycles. The first-order valence-corrected chi connectivity index (χ1v) is 8.06. The normalized spacial score (nSPS) is 22.1. The fourth-order valence-electron chi connectivity index (χ4n) is 1.51. The molecule has 0 spiro atoms. The Labute approximate surface area is 91.2 Å². The van der Waals surface area contributed by atoms with Crippen molar-refractivity contribution in [3.8, 4) is 0 Å². The molecule has 2 heteroatoms. The quantitative estimate of drug-likeness (QED) is 0.729. The van der Waals surface area contributed by atoms with Crippen LogP contribution >= 0.6 is 0 Å². The topological polar surface area (TPSA) is 17.1 Å². The molecule has 0 saturated carbocycles. The maximum absolute atomic E-state index is 12.1. The second kappa shape index (κ2) is 4.21. The van der Waals surface area contributed by atoms with E-state index in [-0.39, 0.29) is 3.97 Å². The Hall–Kier alpha value is -0.710. The van der Waals surface area contributed by atoms with Crippen molar-refractivity contribution in [1.29, 1.82) is 0 Å². The van der Waals surface area contributed by atoms with Gasteiger partial charge in [-0.15, -0.1) is 0 Å². The molecule has 0 amide bonds. The number of hydrogen-bond donors (Lipinski definition) is 0. The van der Waals surface area contributed by atoms with Crippen LogP contribution < -0.4 is 0 Å². The van der Waals surface area contributed by atoms with Gasteiger partial charge in [-0.3, -0.25) is 0 Å². The Kier molecular flexibility index (Phi) is 2.96. The summed E-state index contributed by atoms with van der Waals surface area (Å²) in [5.41, 5.74) is 1.18. The first-order chi connectivity index (χ1) is 6.79. The summed E-state index contributed by atoms with van der Waals surface area (Å²) in [7, 11) is 0. The minimum atomic E-state index is -2.32. The van der Waals surface area contributed by atoms with Gasteiger partial charge in [0.1, 0.15) is 0 Å². The zero-order chi connectivity index (χ0) is 9.97. The Morgan fingerprint density at radius 3 is 2.64 bits per heavy atom. The monoisotopic (exact) mass is 302 g/mol. The molecular formula is C12H12OTe. The van der Waals surface area contributed by atoms with Crippen molar-refractivity contribution < 1.29 is 3.10 Å². The van der Waals surface area contributed by atoms with Gasteiger partial charge in [-0.05, 0) is 0 Å². The van der Waals surface area contributed by atoms with Crippen LogP contribution in [-0.2, 0) is 3.10 Å². The molecule has 1 aliphatic rings. The maximum atomic E-state index is 12.1. The number of rotatable bonds is 1. The minimum absolute atomic E-state index is 0.171. The van der Waals surface area contributed by atoms with E-state index < -0.39 is 19.5 Å². The summed E-state index contributed by atoms with van der Waals surface area (Å²) in [5.74, 6) is 0. The van der Waals surface area contributed by atoms with E-state index in [0.29, 0.717) is 0 Å². The predicted octanol–water partition coefficient (Wildman–Crippen LogP) is 2.79. The molecule has 0 bridgehead atoms. The molecule has 1 aromatic carbocycles. The molecule has 0 aliphatic carbocycles. The van der Waals surface area contributed by atoms with Crippen LogP contribution in [0.1, 0.15) is 16.5 Å². The van der Waals surface area contributed by atoms with Crippen molar-refractivity contribution in [1.82, 2.24) is 0 Å². The van der Waals surface area contributed by atoms with Gasteiger partial charge in [0.25, 0.3) is 0 Å². The fourth-order valence-corrected chi connectivity index (χ4v) is 5.08. The molecule has 14 heavy (non-hydrogen) atoms. The van der Waals surface area contributed by atoms with Crippen LogP contribution in [0, 0.1) is 0 Å². The summed E-state index contributed by atoms with van der Waals surface area (Å²) in [6.45, 7) is 1.98. The van der Waals surface area contributed by atoms with Crippen molar-refractivity contribution in [2.75, 3.05) is 0 Å². The van der Waals surface area contributed by atoms with Gasteiger partial charge in [0.2, 0.25) is 0 Å². The number of hydrogen-bond acceptors (Lipinski definition) is 1. The van der Waals surface area contributed by atoms with E-state index in [9.17, 15) is 3.10 Å². The van der Waals surface area contributed by atoms with Crippen LogP contribution in [0.25, 0.3) is 0 Å². The van der Waals surface area contributed by atoms with E-state index in [1.165, 1.54) is 5.56 Å². The molecule has 0 saturated heterocycles. The predicted molar refractivity (Wildman–Crippen MR) is 58.5 cm³/mol. The zero-order valence-electron chi connectivity index (χ0n) is 8.01. The van der Waals surface area contributed by atoms with Crippen LogP contribution in [0.4, 0.5) is 0 Å². The molecule has 1 atom stereocenters. The van der Waals surface area contributed by atoms with Crippen LogP contribution in [-0.4, -0.2) is 19.5 Å². The third-order valence-corrected chi connectivity index (χ3v) is 7.03. The van der Waals surface area contributed by atoms with E-state index in [1.807, 2.05) is 37.3 Å². The van der Waals surface area contributed by atoms with Gasteiger partial charge in [-0.1, -0.05) is 0 Å². The molecule has 1 nitrogen and oxygen atoms in total. The third-order valence-electron chi connectivity index (χ3n) is 2.29. The van der Waals surface area contributed by atoms with Gasteiger partial charge in [0, 0.05) is 0 Å². The fraction of sp³-hybridized carbons (Fsp3) is 0.167. The second-order valence-corrected chi connectivity index (χ2v) is 8.28. The molecule has 1 aromatic rings. The van der Waals surface area contributed by atoms with Gasteiger partial charge < -0.3 is 0 Å². The van der Waals surface area contributed by atoms with Gasteiger partial charge in [0.15, 0.2) is 0 Å². The molecule has 1 heterocycles. The summed E-state index contributed by atoms with van der Waals surface area (Å²) < 4.78 is 13.3. The average Bonchev–Trinajstić information content (AvgIpc) is 2.23. The van der Waals surface area contributed by atoms with E-state index in [4.69, 9.17) is 0 Å². The molecule has 1 unspecified atom stereocenters. The SMILES string of the molecule is CC1=CC=CC(c2ccccc2)[Te]1=O. The molecular weight excluding hydrogens is 288 g/mol. The van der Waals surface area contributed by atoms with E-state index >= 15 is 0 Å². The van der Waals surface area contributed by atoms with Crippen molar-refractivity contribution in [2.45, 2.75) is 10.9 Å². The first-order valence-electron chi connectivity index (χ1n) is 4.59. The Balaban J connectivity index is 2.34. The van der Waals surface area contributed by atoms with Crippen LogP contribution in [0.3, 0.4) is 0 Å². The molecule has 2 rings (SSSR count). The van der Waals surface area contributed by atoms with Crippen LogP contribution in [0.15, 0.2) is 52.2 Å². The van der Waals surface area contributed by atoms with E-state index in [2.05, 4.69) is 18.2 Å². The molecule has 0 radical (unpaired) electrons. The van der Waals surface area contributed by atoms with Gasteiger partial charge >= 0.3 is 91.3 Å². The van der Waals surface area contributed by atoms with Crippen molar-refractivity contribution in [2.24, 2.45) is 0 Å². The van der Waals surface area contributed by atoms with Crippen molar-refractivity contribution >= 4 is 19.5 Å². The summed E-state index contributed by atoms with van der Waals surface area (Å²) in [5, 5.41) is 0. The van der Waals surface area contributed by atoms with Gasteiger partial charge in [-0.2, -0.15) is 0 Å². The van der Waals surface area contributed by atoms with Crippen molar-refractivity contribution in [3.05, 3.63) is 57.7 Å². The Morgan fingerprint density at radius 1 is 1.21 bits per heavy atom. The van der Waals surface area contributed by atoms with Gasteiger partial charge in [0.05, 0.1) is 0 Å². The van der Waals surface area contributed by atoms with Crippen LogP contribution in [0.2, 0.25) is 0 Å². The van der Waals surface area contributed by atoms with E-state index in [1.54, 1.807) is 0 Å². The number of allylic oxidation sites excluding steroid dienone is 4. The summed E-state index contributed by atoms with van der Waals surface area (Å²) in [4.78, 5) is 0. The Morgan fingerprint density at radius 2 is 1.93 bits per heavy atom. The molecule has 0 aromatic heterocycles. The average molecular weight is 300 g/mol. The van der Waals surface area contributed by atoms with Gasteiger partial charge in [-0.25, -0.2) is 0 Å². The molecule has 0 N–H and O–H groups in total. The summed E-state index contributed by atoms with van der Waals surface area (Å²) in [6, 6.07) is 10.1.